The molecule has 1 unspecified atom stereocenters. The van der Waals surface area contributed by atoms with Crippen LogP contribution >= 0.6 is 22.9 Å². The van der Waals surface area contributed by atoms with Gasteiger partial charge in [-0.25, -0.2) is 9.18 Å². The number of ether oxygens (including phenoxy) is 1. The molecule has 3 aromatic rings. The molecule has 6 nitrogen and oxygen atoms in total. The van der Waals surface area contributed by atoms with E-state index in [2.05, 4.69) is 4.99 Å². The zero-order valence-electron chi connectivity index (χ0n) is 15.7. The highest BCUT2D eigenvalue weighted by Crippen LogP contribution is 2.27. The number of hydrogen-bond donors (Lipinski definition) is 1. The van der Waals surface area contributed by atoms with Gasteiger partial charge < -0.3 is 14.4 Å². The Bertz CT molecular complexity index is 1160. The number of carboxylic acid groups (broad SMARTS) is 1. The number of fused-ring (bicyclic) bond motifs is 1. The second kappa shape index (κ2) is 8.75. The summed E-state index contributed by atoms with van der Waals surface area (Å²) in [6.07, 6.45) is 0.304. The van der Waals surface area contributed by atoms with Crippen molar-refractivity contribution in [3.8, 4) is 5.75 Å². The number of halogens is 2. The van der Waals surface area contributed by atoms with E-state index in [4.69, 9.17) is 16.3 Å². The van der Waals surface area contributed by atoms with Gasteiger partial charge in [0, 0.05) is 5.56 Å². The Balaban J connectivity index is 2.20. The number of aromatic nitrogens is 1. The zero-order valence-corrected chi connectivity index (χ0v) is 17.3. The number of rotatable bonds is 6. The molecular formula is C20H18ClFN2O4S. The quantitative estimate of drug-likeness (QED) is 0.608. The summed E-state index contributed by atoms with van der Waals surface area (Å²) < 4.78 is 21.2. The van der Waals surface area contributed by atoms with Crippen molar-refractivity contribution in [3.05, 3.63) is 57.6 Å². The fourth-order valence-electron chi connectivity index (χ4n) is 2.91. The summed E-state index contributed by atoms with van der Waals surface area (Å²) in [6.45, 7) is 4.10. The molecule has 0 aliphatic heterocycles. The van der Waals surface area contributed by atoms with Crippen LogP contribution in [0.25, 0.3) is 10.2 Å². The minimum absolute atomic E-state index is 0.110. The highest BCUT2D eigenvalue weighted by atomic mass is 35.5. The average Bonchev–Trinajstić information content (AvgIpc) is 3.01. The van der Waals surface area contributed by atoms with E-state index >= 15 is 0 Å². The van der Waals surface area contributed by atoms with Crippen molar-refractivity contribution in [2.45, 2.75) is 26.3 Å². The van der Waals surface area contributed by atoms with Crippen molar-refractivity contribution in [2.24, 2.45) is 4.99 Å². The van der Waals surface area contributed by atoms with Gasteiger partial charge >= 0.3 is 5.97 Å². The molecule has 2 aromatic carbocycles. The van der Waals surface area contributed by atoms with Crippen LogP contribution in [0.5, 0.6) is 5.75 Å². The lowest BCUT2D eigenvalue weighted by Crippen LogP contribution is -2.27. The van der Waals surface area contributed by atoms with Crippen molar-refractivity contribution >= 4 is 45.0 Å². The van der Waals surface area contributed by atoms with Gasteiger partial charge in [0.15, 0.2) is 4.80 Å². The van der Waals surface area contributed by atoms with Gasteiger partial charge in [0.1, 0.15) is 17.6 Å². The van der Waals surface area contributed by atoms with Gasteiger partial charge in [-0.2, -0.15) is 4.99 Å². The second-order valence-corrected chi connectivity index (χ2v) is 7.54. The van der Waals surface area contributed by atoms with Gasteiger partial charge in [-0.1, -0.05) is 29.9 Å². The number of carboxylic acids is 1. The third kappa shape index (κ3) is 4.33. The van der Waals surface area contributed by atoms with Crippen molar-refractivity contribution in [1.29, 1.82) is 0 Å². The van der Waals surface area contributed by atoms with Crippen molar-refractivity contribution in [2.75, 3.05) is 6.61 Å². The van der Waals surface area contributed by atoms with E-state index in [1.165, 1.54) is 28.0 Å². The molecule has 1 heterocycles. The molecule has 0 aliphatic rings. The Morgan fingerprint density at radius 3 is 2.66 bits per heavy atom. The molecule has 3 rings (SSSR count). The number of hydrogen-bond acceptors (Lipinski definition) is 4. The molecule has 0 saturated carbocycles. The molecule has 1 atom stereocenters. The van der Waals surface area contributed by atoms with Crippen LogP contribution in [0.4, 0.5) is 4.39 Å². The molecular weight excluding hydrogens is 419 g/mol. The lowest BCUT2D eigenvalue weighted by molar-refractivity contribution is -0.140. The summed E-state index contributed by atoms with van der Waals surface area (Å²) in [6, 6.07) is 7.95. The highest BCUT2D eigenvalue weighted by Gasteiger charge is 2.22. The SMILES string of the molecule is CCOc1ccc2c(c1)sc(=NC(=O)c1ccc(F)c(Cl)c1)n2C(CC)C(=O)O. The Labute approximate surface area is 174 Å². The van der Waals surface area contributed by atoms with Crippen LogP contribution in [-0.2, 0) is 4.79 Å². The molecule has 0 aliphatic carbocycles. The Morgan fingerprint density at radius 2 is 2.03 bits per heavy atom. The number of carbonyl (C=O) groups excluding carboxylic acids is 1. The fraction of sp³-hybridized carbons (Fsp3) is 0.250. The lowest BCUT2D eigenvalue weighted by Gasteiger charge is -2.13. The molecule has 0 spiro atoms. The molecule has 152 valence electrons. The molecule has 1 aromatic heterocycles. The smallest absolute Gasteiger partial charge is 0.326 e. The maximum atomic E-state index is 13.4. The van der Waals surface area contributed by atoms with Gasteiger partial charge in [0.2, 0.25) is 0 Å². The third-order valence-electron chi connectivity index (χ3n) is 4.26. The number of benzene rings is 2. The number of nitrogens with zero attached hydrogens (tertiary/aromatic N) is 2. The van der Waals surface area contributed by atoms with E-state index in [-0.39, 0.29) is 15.4 Å². The van der Waals surface area contributed by atoms with Crippen molar-refractivity contribution in [1.82, 2.24) is 4.57 Å². The van der Waals surface area contributed by atoms with E-state index in [9.17, 15) is 19.1 Å². The number of aliphatic carboxylic acids is 1. The number of amides is 1. The minimum atomic E-state index is -1.03. The normalized spacial score (nSPS) is 12.9. The van der Waals surface area contributed by atoms with Gasteiger partial charge in [0.25, 0.3) is 5.91 Å². The largest absolute Gasteiger partial charge is 0.494 e. The highest BCUT2D eigenvalue weighted by molar-refractivity contribution is 7.16. The second-order valence-electron chi connectivity index (χ2n) is 6.13. The molecule has 1 N–H and O–H groups in total. The van der Waals surface area contributed by atoms with Crippen LogP contribution in [0.15, 0.2) is 41.4 Å². The first-order valence-corrected chi connectivity index (χ1v) is 10.1. The molecule has 9 heteroatoms. The molecule has 0 bridgehead atoms. The fourth-order valence-corrected chi connectivity index (χ4v) is 4.18. The molecule has 1 amide bonds. The first-order valence-electron chi connectivity index (χ1n) is 8.90. The van der Waals surface area contributed by atoms with Crippen LogP contribution in [-0.4, -0.2) is 28.2 Å². The summed E-state index contributed by atoms with van der Waals surface area (Å²) in [5.74, 6) is -1.67. The summed E-state index contributed by atoms with van der Waals surface area (Å²) in [5.41, 5.74) is 0.746. The van der Waals surface area contributed by atoms with Crippen LogP contribution < -0.4 is 9.54 Å². The van der Waals surface area contributed by atoms with Gasteiger partial charge in [-0.05, 0) is 49.7 Å². The maximum Gasteiger partial charge on any atom is 0.326 e. The Kier molecular flexibility index (Phi) is 6.34. The molecule has 29 heavy (non-hydrogen) atoms. The molecule has 0 fully saturated rings. The van der Waals surface area contributed by atoms with Crippen LogP contribution in [0.2, 0.25) is 5.02 Å². The van der Waals surface area contributed by atoms with Gasteiger partial charge in [-0.15, -0.1) is 0 Å². The van der Waals surface area contributed by atoms with E-state index in [1.807, 2.05) is 6.92 Å². The van der Waals surface area contributed by atoms with E-state index < -0.39 is 23.7 Å². The monoisotopic (exact) mass is 436 g/mol. The molecule has 0 saturated heterocycles. The summed E-state index contributed by atoms with van der Waals surface area (Å²) in [5, 5.41) is 9.47. The van der Waals surface area contributed by atoms with Gasteiger partial charge in [-0.3, -0.25) is 4.79 Å². The predicted octanol–water partition coefficient (Wildman–Crippen LogP) is 4.67. The lowest BCUT2D eigenvalue weighted by atomic mass is 10.2. The van der Waals surface area contributed by atoms with Crippen molar-refractivity contribution in [3.63, 3.8) is 0 Å². The number of thiazole rings is 1. The van der Waals surface area contributed by atoms with Crippen LogP contribution in [0.1, 0.15) is 36.7 Å². The average molecular weight is 437 g/mol. The van der Waals surface area contributed by atoms with Crippen LogP contribution in [0.3, 0.4) is 0 Å². The zero-order chi connectivity index (χ0) is 21.1. The summed E-state index contributed by atoms with van der Waals surface area (Å²) >= 11 is 6.94. The summed E-state index contributed by atoms with van der Waals surface area (Å²) in [4.78, 5) is 28.8. The first kappa shape index (κ1) is 21.0. The van der Waals surface area contributed by atoms with Crippen molar-refractivity contribution < 1.29 is 23.8 Å². The molecule has 0 radical (unpaired) electrons. The standard InChI is InChI=1S/C20H18ClFN2O4S/c1-3-15(19(26)27)24-16-8-6-12(28-4-2)10-17(16)29-20(24)23-18(25)11-5-7-14(22)13(21)9-11/h5-10,15H,3-4H2,1-2H3,(H,26,27). The van der Waals surface area contributed by atoms with E-state index in [1.54, 1.807) is 25.1 Å². The first-order chi connectivity index (χ1) is 13.8. The Hall–Kier alpha value is -2.71. The van der Waals surface area contributed by atoms with Crippen LogP contribution in [0, 0.1) is 5.82 Å². The number of carbonyl (C=O) groups is 2. The Morgan fingerprint density at radius 1 is 1.28 bits per heavy atom. The van der Waals surface area contributed by atoms with E-state index in [0.717, 1.165) is 10.8 Å². The summed E-state index contributed by atoms with van der Waals surface area (Å²) in [7, 11) is 0. The minimum Gasteiger partial charge on any atom is -0.494 e. The maximum absolute atomic E-state index is 13.4. The predicted molar refractivity (Wildman–Crippen MR) is 109 cm³/mol. The topological polar surface area (TPSA) is 80.9 Å². The van der Waals surface area contributed by atoms with E-state index in [0.29, 0.717) is 24.3 Å². The third-order valence-corrected chi connectivity index (χ3v) is 5.56. The van der Waals surface area contributed by atoms with Gasteiger partial charge in [0.05, 0.1) is 21.8 Å².